The van der Waals surface area contributed by atoms with Gasteiger partial charge in [-0.25, -0.2) is 4.79 Å². The van der Waals surface area contributed by atoms with E-state index >= 15 is 0 Å². The highest BCUT2D eigenvalue weighted by Crippen LogP contribution is 2.42. The van der Waals surface area contributed by atoms with Gasteiger partial charge in [-0.15, -0.1) is 11.8 Å². The Morgan fingerprint density at radius 2 is 1.43 bits per heavy atom. The first-order chi connectivity index (χ1) is 21.5. The van der Waals surface area contributed by atoms with E-state index in [1.54, 1.807) is 18.9 Å². The van der Waals surface area contributed by atoms with Crippen molar-refractivity contribution < 1.29 is 23.9 Å². The summed E-state index contributed by atoms with van der Waals surface area (Å²) in [5.74, 6) is 0.121. The molecule has 2 atom stereocenters. The van der Waals surface area contributed by atoms with Crippen LogP contribution in [0.25, 0.3) is 0 Å². The fourth-order valence-corrected chi connectivity index (χ4v) is 6.90. The van der Waals surface area contributed by atoms with Crippen molar-refractivity contribution in [3.63, 3.8) is 0 Å². The van der Waals surface area contributed by atoms with Crippen LogP contribution >= 0.6 is 11.8 Å². The summed E-state index contributed by atoms with van der Waals surface area (Å²) in [6.45, 7) is 0. The van der Waals surface area contributed by atoms with Crippen molar-refractivity contribution in [1.82, 2.24) is 10.2 Å². The van der Waals surface area contributed by atoms with Gasteiger partial charge in [0.1, 0.15) is 22.9 Å². The number of β-lactam (4-membered cyclic amide) rings is 1. The predicted octanol–water partition coefficient (Wildman–Crippen LogP) is 5.47. The Balaban J connectivity index is 1.29. The van der Waals surface area contributed by atoms with Gasteiger partial charge in [-0.2, -0.15) is 0 Å². The van der Waals surface area contributed by atoms with E-state index in [4.69, 9.17) is 9.47 Å². The minimum atomic E-state index is -0.722. The topological polar surface area (TPSA) is 84.9 Å². The molecule has 0 aromatic heterocycles. The highest BCUT2D eigenvalue weighted by molar-refractivity contribution is 8.00. The van der Waals surface area contributed by atoms with Gasteiger partial charge in [-0.1, -0.05) is 103 Å². The minimum absolute atomic E-state index is 0.172. The number of methoxy groups -OCH3 is 1. The molecule has 0 bridgehead atoms. The third-order valence-corrected chi connectivity index (χ3v) is 9.11. The molecule has 222 valence electrons. The van der Waals surface area contributed by atoms with Crippen LogP contribution in [0.4, 0.5) is 0 Å². The summed E-state index contributed by atoms with van der Waals surface area (Å²) >= 11 is 1.54. The van der Waals surface area contributed by atoms with E-state index < -0.39 is 23.5 Å². The van der Waals surface area contributed by atoms with Gasteiger partial charge < -0.3 is 14.8 Å². The number of fused-ring (bicyclic) bond motifs is 1. The molecule has 0 radical (unpaired) electrons. The molecule has 44 heavy (non-hydrogen) atoms. The standard InChI is InChI=1S/C36H32N2O5S/c1-42-29-19-17-25(18-20-29)21-28-23-44-35-31(37-30(39)22-24-11-5-2-6-12-24)34(40)38(35)32(28)36(41)43-33(26-13-7-3-8-14-26)27-15-9-4-10-16-27/h2-20,31,33,35H,21-23H2,1H3,(H,37,39). The molecule has 4 aromatic carbocycles. The van der Waals surface area contributed by atoms with Crippen LogP contribution in [0.1, 0.15) is 28.4 Å². The number of hydrogen-bond donors (Lipinski definition) is 1. The molecule has 1 N–H and O–H groups in total. The van der Waals surface area contributed by atoms with Crippen molar-refractivity contribution >= 4 is 29.5 Å². The molecule has 2 unspecified atom stereocenters. The van der Waals surface area contributed by atoms with Crippen molar-refractivity contribution in [2.45, 2.75) is 30.4 Å². The highest BCUT2D eigenvalue weighted by atomic mass is 32.2. The summed E-state index contributed by atoms with van der Waals surface area (Å²) in [4.78, 5) is 42.2. The normalized spacial score (nSPS) is 17.5. The number of carbonyl (C=O) groups excluding carboxylic acids is 3. The third-order valence-electron chi connectivity index (χ3n) is 7.77. The second-order valence-corrected chi connectivity index (χ2v) is 11.8. The molecule has 2 amide bonds. The molecule has 0 saturated carbocycles. The maximum Gasteiger partial charge on any atom is 0.356 e. The lowest BCUT2D eigenvalue weighted by Gasteiger charge is -2.50. The van der Waals surface area contributed by atoms with E-state index in [2.05, 4.69) is 5.32 Å². The Morgan fingerprint density at radius 3 is 2.02 bits per heavy atom. The van der Waals surface area contributed by atoms with E-state index in [-0.39, 0.29) is 23.9 Å². The van der Waals surface area contributed by atoms with Crippen molar-refractivity contribution in [2.75, 3.05) is 12.9 Å². The zero-order valence-corrected chi connectivity index (χ0v) is 25.0. The Labute approximate surface area is 260 Å². The van der Waals surface area contributed by atoms with Crippen molar-refractivity contribution in [1.29, 1.82) is 0 Å². The number of thioether (sulfide) groups is 1. The fourth-order valence-electron chi connectivity index (χ4n) is 5.55. The van der Waals surface area contributed by atoms with Crippen LogP contribution in [0.15, 0.2) is 127 Å². The summed E-state index contributed by atoms with van der Waals surface area (Å²) < 4.78 is 11.6. The minimum Gasteiger partial charge on any atom is -0.497 e. The zero-order valence-electron chi connectivity index (χ0n) is 24.2. The van der Waals surface area contributed by atoms with E-state index in [1.807, 2.05) is 115 Å². The van der Waals surface area contributed by atoms with Gasteiger partial charge in [0.15, 0.2) is 6.10 Å². The van der Waals surface area contributed by atoms with Crippen molar-refractivity contribution in [2.24, 2.45) is 0 Å². The largest absolute Gasteiger partial charge is 0.497 e. The lowest BCUT2D eigenvalue weighted by molar-refractivity contribution is -0.154. The van der Waals surface area contributed by atoms with Crippen LogP contribution in [0, 0.1) is 0 Å². The number of amides is 2. The van der Waals surface area contributed by atoms with E-state index in [1.165, 1.54) is 4.90 Å². The molecule has 0 aliphatic carbocycles. The van der Waals surface area contributed by atoms with Gasteiger partial charge in [0.2, 0.25) is 5.91 Å². The molecule has 2 aliphatic heterocycles. The Kier molecular flexibility index (Phi) is 8.79. The number of hydrogen-bond acceptors (Lipinski definition) is 6. The van der Waals surface area contributed by atoms with Gasteiger partial charge in [0, 0.05) is 5.75 Å². The molecule has 4 aromatic rings. The number of benzene rings is 4. The fraction of sp³-hybridized carbons (Fsp3) is 0.194. The van der Waals surface area contributed by atoms with Gasteiger partial charge in [-0.3, -0.25) is 14.5 Å². The van der Waals surface area contributed by atoms with Crippen LogP contribution in [0.5, 0.6) is 5.75 Å². The van der Waals surface area contributed by atoms with E-state index in [0.717, 1.165) is 33.6 Å². The van der Waals surface area contributed by atoms with Crippen LogP contribution in [-0.2, 0) is 32.0 Å². The second kappa shape index (κ2) is 13.2. The summed E-state index contributed by atoms with van der Waals surface area (Å²) in [6, 6.07) is 35.5. The molecule has 1 fully saturated rings. The van der Waals surface area contributed by atoms with Gasteiger partial charge in [0.25, 0.3) is 5.91 Å². The summed E-state index contributed by atoms with van der Waals surface area (Å²) in [5.41, 5.74) is 4.54. The Morgan fingerprint density at radius 1 is 0.841 bits per heavy atom. The monoisotopic (exact) mass is 604 g/mol. The van der Waals surface area contributed by atoms with Crippen molar-refractivity contribution in [3.8, 4) is 5.75 Å². The molecule has 7 nitrogen and oxygen atoms in total. The molecule has 0 spiro atoms. The van der Waals surface area contributed by atoms with Crippen LogP contribution in [0.2, 0.25) is 0 Å². The first-order valence-corrected chi connectivity index (χ1v) is 15.5. The maximum atomic E-state index is 14.2. The number of esters is 1. The number of nitrogens with one attached hydrogen (secondary N) is 1. The number of rotatable bonds is 10. The van der Waals surface area contributed by atoms with Crippen LogP contribution in [-0.4, -0.2) is 47.0 Å². The lowest BCUT2D eigenvalue weighted by Crippen LogP contribution is -2.70. The van der Waals surface area contributed by atoms with Gasteiger partial charge >= 0.3 is 5.97 Å². The second-order valence-electron chi connectivity index (χ2n) is 10.7. The average Bonchev–Trinajstić information content (AvgIpc) is 3.07. The molecule has 6 rings (SSSR count). The smallest absolute Gasteiger partial charge is 0.356 e. The number of nitrogens with zero attached hydrogens (tertiary/aromatic N) is 1. The molecule has 2 aliphatic rings. The first-order valence-electron chi connectivity index (χ1n) is 14.5. The number of carbonyl (C=O) groups is 3. The molecule has 1 saturated heterocycles. The molecular weight excluding hydrogens is 572 g/mol. The SMILES string of the molecule is COc1ccc(CC2=C(C(=O)OC(c3ccccc3)c3ccccc3)N3C(=O)C(NC(=O)Cc4ccccc4)C3SC2)cc1. The Bertz CT molecular complexity index is 1620. The maximum absolute atomic E-state index is 14.2. The molecule has 2 heterocycles. The lowest BCUT2D eigenvalue weighted by atomic mass is 9.98. The average molecular weight is 605 g/mol. The van der Waals surface area contributed by atoms with Gasteiger partial charge in [-0.05, 0) is 46.4 Å². The zero-order chi connectivity index (χ0) is 30.5. The van der Waals surface area contributed by atoms with Crippen LogP contribution in [0.3, 0.4) is 0 Å². The molecule has 8 heteroatoms. The highest BCUT2D eigenvalue weighted by Gasteiger charge is 2.54. The predicted molar refractivity (Wildman–Crippen MR) is 170 cm³/mol. The number of ether oxygens (including phenoxy) is 2. The van der Waals surface area contributed by atoms with E-state index in [0.29, 0.717) is 12.2 Å². The molecular formula is C36H32N2O5S. The third kappa shape index (κ3) is 6.26. The quantitative estimate of drug-likeness (QED) is 0.191. The summed E-state index contributed by atoms with van der Waals surface area (Å²) in [5, 5.41) is 2.50. The first kappa shape index (κ1) is 29.3. The Hall–Kier alpha value is -4.82. The summed E-state index contributed by atoms with van der Waals surface area (Å²) in [6.07, 6.45) is -0.0271. The summed E-state index contributed by atoms with van der Waals surface area (Å²) in [7, 11) is 1.62. The van der Waals surface area contributed by atoms with E-state index in [9.17, 15) is 14.4 Å². The van der Waals surface area contributed by atoms with Crippen molar-refractivity contribution in [3.05, 3.63) is 149 Å². The van der Waals surface area contributed by atoms with Gasteiger partial charge in [0.05, 0.1) is 13.5 Å². The van der Waals surface area contributed by atoms with Crippen LogP contribution < -0.4 is 10.1 Å².